The molecule has 1 saturated heterocycles. The average molecular weight is 499 g/mol. The fourth-order valence-electron chi connectivity index (χ4n) is 3.67. The molecule has 0 spiro atoms. The van der Waals surface area contributed by atoms with Crippen LogP contribution >= 0.6 is 0 Å². The number of aliphatic carboxylic acids is 1. The van der Waals surface area contributed by atoms with Crippen molar-refractivity contribution in [3.05, 3.63) is 71.8 Å². The maximum Gasteiger partial charge on any atom is 0.411 e. The maximum atomic E-state index is 13.3. The number of nitrogens with zero attached hydrogens (tertiary/aromatic N) is 2. The Hall–Kier alpha value is -4.08. The van der Waals surface area contributed by atoms with Crippen molar-refractivity contribution in [2.24, 2.45) is 0 Å². The van der Waals surface area contributed by atoms with Gasteiger partial charge in [-0.1, -0.05) is 60.7 Å². The number of carboxylic acids is 1. The number of piperazine rings is 1. The third kappa shape index (κ3) is 6.32. The van der Waals surface area contributed by atoms with Crippen molar-refractivity contribution in [3.63, 3.8) is 0 Å². The fourth-order valence-corrected chi connectivity index (χ4v) is 3.67. The zero-order valence-electron chi connectivity index (χ0n) is 20.5. The molecule has 3 rings (SSSR count). The second-order valence-corrected chi connectivity index (χ2v) is 9.32. The Bertz CT molecular complexity index is 1080. The summed E-state index contributed by atoms with van der Waals surface area (Å²) >= 11 is 0. The minimum absolute atomic E-state index is 0.0592. The van der Waals surface area contributed by atoms with E-state index in [9.17, 15) is 24.3 Å². The fraction of sp³-hybridized carbons (Fsp3) is 0.385. The molecule has 1 aliphatic heterocycles. The van der Waals surface area contributed by atoms with Gasteiger partial charge >= 0.3 is 24.1 Å². The Morgan fingerprint density at radius 1 is 0.833 bits per heavy atom. The number of benzene rings is 2. The lowest BCUT2D eigenvalue weighted by atomic mass is 9.94. The van der Waals surface area contributed by atoms with E-state index >= 15 is 0 Å². The first-order valence-electron chi connectivity index (χ1n) is 11.4. The molecule has 192 valence electrons. The summed E-state index contributed by atoms with van der Waals surface area (Å²) in [4.78, 5) is 53.7. The van der Waals surface area contributed by atoms with Crippen LogP contribution < -0.4 is 0 Å². The topological polar surface area (TPSA) is 123 Å². The van der Waals surface area contributed by atoms with E-state index < -0.39 is 41.8 Å². The van der Waals surface area contributed by atoms with Crippen LogP contribution in [0.2, 0.25) is 0 Å². The lowest BCUT2D eigenvalue weighted by molar-refractivity contribution is -0.176. The molecule has 10 heteroatoms. The number of hydrogen-bond donors (Lipinski definition) is 1. The number of ether oxygens (including phenoxy) is 3. The molecule has 10 nitrogen and oxygen atoms in total. The van der Waals surface area contributed by atoms with Gasteiger partial charge in [-0.2, -0.15) is 0 Å². The number of amides is 2. The lowest BCUT2D eigenvalue weighted by Gasteiger charge is -2.45. The first kappa shape index (κ1) is 26.5. The minimum Gasteiger partial charge on any atom is -0.479 e. The highest BCUT2D eigenvalue weighted by atomic mass is 16.6. The summed E-state index contributed by atoms with van der Waals surface area (Å²) in [6.07, 6.45) is -1.82. The van der Waals surface area contributed by atoms with Crippen LogP contribution in [0, 0.1) is 0 Å². The molecule has 2 amide bonds. The van der Waals surface area contributed by atoms with Crippen molar-refractivity contribution in [3.8, 4) is 0 Å². The molecule has 0 aliphatic carbocycles. The molecule has 0 saturated carbocycles. The highest BCUT2D eigenvalue weighted by molar-refractivity contribution is 6.07. The molecule has 2 aromatic carbocycles. The van der Waals surface area contributed by atoms with Crippen molar-refractivity contribution >= 4 is 24.1 Å². The standard InChI is InChI=1S/C26H30N2O8/c1-25(2,3)36-23(32)27-14-15-28(24(33)35-17-20-12-8-5-9-13-20)26(18-27,21(29)30)22(31)34-16-19-10-6-4-7-11-19/h4-13H,14-18H2,1-3H3,(H,29,30). The molecule has 1 heterocycles. The number of carbonyl (C=O) groups is 4. The molecular weight excluding hydrogens is 468 g/mol. The summed E-state index contributed by atoms with van der Waals surface area (Å²) < 4.78 is 16.1. The van der Waals surface area contributed by atoms with Crippen LogP contribution in [0.1, 0.15) is 31.9 Å². The highest BCUT2D eigenvalue weighted by Gasteiger charge is 2.59. The van der Waals surface area contributed by atoms with Crippen molar-refractivity contribution in [1.82, 2.24) is 9.80 Å². The van der Waals surface area contributed by atoms with Gasteiger partial charge in [0.05, 0.1) is 6.54 Å². The van der Waals surface area contributed by atoms with Crippen LogP contribution in [0.3, 0.4) is 0 Å². The van der Waals surface area contributed by atoms with E-state index in [-0.39, 0.29) is 26.3 Å². The van der Waals surface area contributed by atoms with Gasteiger partial charge in [0.2, 0.25) is 0 Å². The zero-order chi connectivity index (χ0) is 26.3. The third-order valence-electron chi connectivity index (χ3n) is 5.46. The van der Waals surface area contributed by atoms with E-state index in [1.165, 1.54) is 0 Å². The molecule has 1 unspecified atom stereocenters. The monoisotopic (exact) mass is 498 g/mol. The molecule has 0 aromatic heterocycles. The highest BCUT2D eigenvalue weighted by Crippen LogP contribution is 2.28. The molecule has 36 heavy (non-hydrogen) atoms. The molecule has 1 N–H and O–H groups in total. The number of esters is 1. The van der Waals surface area contributed by atoms with E-state index in [1.807, 2.05) is 0 Å². The molecule has 1 atom stereocenters. The number of carboxylic acid groups (broad SMARTS) is 1. The summed E-state index contributed by atoms with van der Waals surface area (Å²) in [5.41, 5.74) is -2.06. The second-order valence-electron chi connectivity index (χ2n) is 9.32. The number of carbonyl (C=O) groups excluding carboxylic acids is 3. The number of rotatable bonds is 6. The Labute approximate surface area is 209 Å². The van der Waals surface area contributed by atoms with Gasteiger partial charge in [0.15, 0.2) is 0 Å². The van der Waals surface area contributed by atoms with Crippen molar-refractivity contribution in [1.29, 1.82) is 0 Å². The van der Waals surface area contributed by atoms with E-state index in [1.54, 1.807) is 81.4 Å². The van der Waals surface area contributed by atoms with Gasteiger partial charge in [-0.3, -0.25) is 4.90 Å². The second kappa shape index (κ2) is 11.1. The van der Waals surface area contributed by atoms with Crippen LogP contribution in [-0.2, 0) is 37.0 Å². The van der Waals surface area contributed by atoms with E-state index in [0.29, 0.717) is 11.1 Å². The summed E-state index contributed by atoms with van der Waals surface area (Å²) in [5, 5.41) is 10.3. The van der Waals surface area contributed by atoms with Crippen molar-refractivity contribution < 1.29 is 38.5 Å². The van der Waals surface area contributed by atoms with Crippen LogP contribution in [0.4, 0.5) is 9.59 Å². The summed E-state index contributed by atoms with van der Waals surface area (Å²) in [6.45, 7) is 3.66. The van der Waals surface area contributed by atoms with Crippen LogP contribution in [-0.4, -0.2) is 69.8 Å². The van der Waals surface area contributed by atoms with Gasteiger partial charge in [0.25, 0.3) is 5.54 Å². The first-order chi connectivity index (χ1) is 17.0. The van der Waals surface area contributed by atoms with Crippen LogP contribution in [0.15, 0.2) is 60.7 Å². The molecule has 1 aliphatic rings. The van der Waals surface area contributed by atoms with Gasteiger partial charge in [-0.25, -0.2) is 19.2 Å². The summed E-state index contributed by atoms with van der Waals surface area (Å²) in [5.74, 6) is -2.84. The van der Waals surface area contributed by atoms with Gasteiger partial charge in [-0.05, 0) is 31.9 Å². The summed E-state index contributed by atoms with van der Waals surface area (Å²) in [6, 6.07) is 17.5. The number of hydrogen-bond acceptors (Lipinski definition) is 7. The Morgan fingerprint density at radius 3 is 1.86 bits per heavy atom. The molecule has 2 aromatic rings. The quantitative estimate of drug-likeness (QED) is 0.365. The van der Waals surface area contributed by atoms with E-state index in [2.05, 4.69) is 0 Å². The lowest BCUT2D eigenvalue weighted by Crippen LogP contribution is -2.72. The Kier molecular flexibility index (Phi) is 8.18. The Morgan fingerprint density at radius 2 is 1.36 bits per heavy atom. The van der Waals surface area contributed by atoms with Crippen molar-refractivity contribution in [2.75, 3.05) is 19.6 Å². The first-order valence-corrected chi connectivity index (χ1v) is 11.4. The predicted octanol–water partition coefficient (Wildman–Crippen LogP) is 3.44. The molecular formula is C26H30N2O8. The van der Waals surface area contributed by atoms with Gasteiger partial charge in [-0.15, -0.1) is 0 Å². The minimum atomic E-state index is -2.53. The largest absolute Gasteiger partial charge is 0.479 e. The zero-order valence-corrected chi connectivity index (χ0v) is 20.5. The normalized spacial score (nSPS) is 17.8. The van der Waals surface area contributed by atoms with E-state index in [0.717, 1.165) is 9.80 Å². The smallest absolute Gasteiger partial charge is 0.411 e. The van der Waals surface area contributed by atoms with Crippen LogP contribution in [0.5, 0.6) is 0 Å². The van der Waals surface area contributed by atoms with E-state index in [4.69, 9.17) is 14.2 Å². The maximum absolute atomic E-state index is 13.3. The van der Waals surface area contributed by atoms with Gasteiger partial charge in [0, 0.05) is 13.1 Å². The van der Waals surface area contributed by atoms with Gasteiger partial charge in [0.1, 0.15) is 18.8 Å². The SMILES string of the molecule is CC(C)(C)OC(=O)N1CCN(C(=O)OCc2ccccc2)C(C(=O)O)(C(=O)OCc2ccccc2)C1. The molecule has 1 fully saturated rings. The average Bonchev–Trinajstić information content (AvgIpc) is 2.85. The van der Waals surface area contributed by atoms with Crippen molar-refractivity contribution in [2.45, 2.75) is 45.1 Å². The molecule has 0 bridgehead atoms. The summed E-state index contributed by atoms with van der Waals surface area (Å²) in [7, 11) is 0. The third-order valence-corrected chi connectivity index (χ3v) is 5.46. The molecule has 0 radical (unpaired) electrons. The van der Waals surface area contributed by atoms with Gasteiger partial charge < -0.3 is 24.2 Å². The van der Waals surface area contributed by atoms with Crippen LogP contribution in [0.25, 0.3) is 0 Å². The predicted molar refractivity (Wildman–Crippen MR) is 128 cm³/mol. The Balaban J connectivity index is 1.88.